The van der Waals surface area contributed by atoms with Crippen molar-refractivity contribution in [3.8, 4) is 34.2 Å². The van der Waals surface area contributed by atoms with E-state index in [0.717, 1.165) is 22.6 Å². The maximum Gasteiger partial charge on any atom is 0.237 e. The van der Waals surface area contributed by atoms with Crippen LogP contribution in [0.15, 0.2) is 82.7 Å². The van der Waals surface area contributed by atoms with Gasteiger partial charge in [-0.1, -0.05) is 47.3 Å². The van der Waals surface area contributed by atoms with Gasteiger partial charge in [-0.2, -0.15) is 4.98 Å². The summed E-state index contributed by atoms with van der Waals surface area (Å²) in [6.07, 6.45) is 3.47. The number of benzene rings is 2. The molecule has 0 aliphatic rings. The number of thioether (sulfide) groups is 1. The zero-order valence-corrected chi connectivity index (χ0v) is 17.9. The van der Waals surface area contributed by atoms with Gasteiger partial charge in [0.15, 0.2) is 11.0 Å². The predicted molar refractivity (Wildman–Crippen MR) is 120 cm³/mol. The Morgan fingerprint density at radius 2 is 1.81 bits per heavy atom. The van der Waals surface area contributed by atoms with E-state index in [9.17, 15) is 5.11 Å². The number of phenols is 1. The van der Waals surface area contributed by atoms with Crippen molar-refractivity contribution in [2.24, 2.45) is 0 Å². The zero-order chi connectivity index (χ0) is 21.9. The number of hydrogen-bond donors (Lipinski definition) is 1. The average Bonchev–Trinajstić information content (AvgIpc) is 3.46. The van der Waals surface area contributed by atoms with Crippen molar-refractivity contribution in [1.82, 2.24) is 29.9 Å². The van der Waals surface area contributed by atoms with Gasteiger partial charge >= 0.3 is 0 Å². The predicted octanol–water partition coefficient (Wildman–Crippen LogP) is 4.69. The van der Waals surface area contributed by atoms with E-state index in [-0.39, 0.29) is 5.75 Å². The van der Waals surface area contributed by atoms with Gasteiger partial charge in [0, 0.05) is 23.5 Å². The molecule has 1 N–H and O–H groups in total. The monoisotopic (exact) mass is 442 g/mol. The topological polar surface area (TPSA) is 103 Å². The molecular weight excluding hydrogens is 424 g/mol. The molecule has 0 saturated carbocycles. The molecule has 0 atom stereocenters. The van der Waals surface area contributed by atoms with Gasteiger partial charge in [0.25, 0.3) is 0 Å². The summed E-state index contributed by atoms with van der Waals surface area (Å²) < 4.78 is 7.44. The molecule has 0 radical (unpaired) electrons. The summed E-state index contributed by atoms with van der Waals surface area (Å²) >= 11 is 1.46. The summed E-state index contributed by atoms with van der Waals surface area (Å²) in [7, 11) is 0. The Hall–Kier alpha value is -3.98. The summed E-state index contributed by atoms with van der Waals surface area (Å²) in [4.78, 5) is 8.55. The number of hydrogen-bond acceptors (Lipinski definition) is 8. The SMILES string of the molecule is Cc1ccccc1-n1c(SCc2nc(-c3cccc(O)c3)no2)nnc1-c1ccncc1. The van der Waals surface area contributed by atoms with Gasteiger partial charge in [-0.05, 0) is 42.8 Å². The number of phenolic OH excluding ortho intramolecular Hbond substituents is 1. The lowest BCUT2D eigenvalue weighted by atomic mass is 10.2. The molecular formula is C23H18N6O2S. The number of rotatable bonds is 6. The summed E-state index contributed by atoms with van der Waals surface area (Å²) in [5.74, 6) is 2.19. The van der Waals surface area contributed by atoms with Gasteiger partial charge in [0.05, 0.1) is 11.4 Å². The first-order valence-electron chi connectivity index (χ1n) is 9.85. The first-order valence-corrected chi connectivity index (χ1v) is 10.8. The quantitative estimate of drug-likeness (QED) is 0.378. The van der Waals surface area contributed by atoms with E-state index < -0.39 is 0 Å². The first kappa shape index (κ1) is 20.0. The van der Waals surface area contributed by atoms with Crippen molar-refractivity contribution in [3.63, 3.8) is 0 Å². The van der Waals surface area contributed by atoms with Gasteiger partial charge < -0.3 is 9.63 Å². The third-order valence-corrected chi connectivity index (χ3v) is 5.74. The highest BCUT2D eigenvalue weighted by Gasteiger charge is 2.19. The second-order valence-electron chi connectivity index (χ2n) is 7.01. The number of nitrogens with zero attached hydrogens (tertiary/aromatic N) is 6. The Kier molecular flexibility index (Phi) is 5.39. The fourth-order valence-electron chi connectivity index (χ4n) is 3.28. The smallest absolute Gasteiger partial charge is 0.237 e. The highest BCUT2D eigenvalue weighted by molar-refractivity contribution is 7.98. The van der Waals surface area contributed by atoms with Crippen molar-refractivity contribution >= 4 is 11.8 Å². The Morgan fingerprint density at radius 1 is 0.969 bits per heavy atom. The second-order valence-corrected chi connectivity index (χ2v) is 7.96. The lowest BCUT2D eigenvalue weighted by molar-refractivity contribution is 0.391. The Labute approximate surface area is 188 Å². The van der Waals surface area contributed by atoms with Crippen LogP contribution in [0.25, 0.3) is 28.5 Å². The number of pyridine rings is 1. The van der Waals surface area contributed by atoms with Gasteiger partial charge in [-0.3, -0.25) is 9.55 Å². The number of para-hydroxylation sites is 1. The van der Waals surface area contributed by atoms with Crippen molar-refractivity contribution < 1.29 is 9.63 Å². The molecule has 5 rings (SSSR count). The Balaban J connectivity index is 1.46. The molecule has 0 amide bonds. The van der Waals surface area contributed by atoms with Gasteiger partial charge in [0.1, 0.15) is 5.75 Å². The fourth-order valence-corrected chi connectivity index (χ4v) is 4.07. The van der Waals surface area contributed by atoms with Crippen LogP contribution < -0.4 is 0 Å². The average molecular weight is 443 g/mol. The van der Waals surface area contributed by atoms with Gasteiger partial charge in [-0.15, -0.1) is 10.2 Å². The molecule has 0 unspecified atom stereocenters. The van der Waals surface area contributed by atoms with Crippen LogP contribution in [0.3, 0.4) is 0 Å². The normalized spacial score (nSPS) is 11.0. The van der Waals surface area contributed by atoms with E-state index in [0.29, 0.717) is 28.2 Å². The standard InChI is InChI=1S/C23H18N6O2S/c1-15-5-2-3-8-19(15)29-22(16-9-11-24-12-10-16)26-27-23(29)32-14-20-25-21(28-31-20)17-6-4-7-18(30)13-17/h2-13,30H,14H2,1H3. The lowest BCUT2D eigenvalue weighted by Crippen LogP contribution is -2.02. The molecule has 9 heteroatoms. The minimum atomic E-state index is 0.151. The van der Waals surface area contributed by atoms with Crippen molar-refractivity contribution in [2.45, 2.75) is 17.8 Å². The molecule has 2 aromatic carbocycles. The van der Waals surface area contributed by atoms with Crippen LogP contribution in [0, 0.1) is 6.92 Å². The molecule has 0 bridgehead atoms. The Morgan fingerprint density at radius 3 is 2.62 bits per heavy atom. The fraction of sp³-hybridized carbons (Fsp3) is 0.0870. The first-order chi connectivity index (χ1) is 15.7. The van der Waals surface area contributed by atoms with Crippen molar-refractivity contribution in [3.05, 3.63) is 84.5 Å². The van der Waals surface area contributed by atoms with Crippen LogP contribution in [0.2, 0.25) is 0 Å². The minimum absolute atomic E-state index is 0.151. The lowest BCUT2D eigenvalue weighted by Gasteiger charge is -2.12. The molecule has 32 heavy (non-hydrogen) atoms. The molecule has 158 valence electrons. The summed E-state index contributed by atoms with van der Waals surface area (Å²) in [5.41, 5.74) is 3.71. The maximum absolute atomic E-state index is 9.68. The molecule has 0 aliphatic carbocycles. The van der Waals surface area contributed by atoms with Crippen LogP contribution in [0.5, 0.6) is 5.75 Å². The molecule has 0 aliphatic heterocycles. The highest BCUT2D eigenvalue weighted by Crippen LogP contribution is 2.31. The maximum atomic E-state index is 9.68. The van der Waals surface area contributed by atoms with Crippen LogP contribution in [0.1, 0.15) is 11.5 Å². The largest absolute Gasteiger partial charge is 0.508 e. The summed E-state index contributed by atoms with van der Waals surface area (Å²) in [5, 5.41) is 23.3. The molecule has 0 spiro atoms. The summed E-state index contributed by atoms with van der Waals surface area (Å²) in [6, 6.07) is 18.7. The van der Waals surface area contributed by atoms with Crippen LogP contribution in [0.4, 0.5) is 0 Å². The molecule has 3 heterocycles. The molecule has 8 nitrogen and oxygen atoms in total. The molecule has 5 aromatic rings. The van der Waals surface area contributed by atoms with Crippen LogP contribution in [-0.2, 0) is 5.75 Å². The van der Waals surface area contributed by atoms with Crippen LogP contribution >= 0.6 is 11.8 Å². The molecule has 3 aromatic heterocycles. The van der Waals surface area contributed by atoms with E-state index in [2.05, 4.69) is 38.3 Å². The zero-order valence-electron chi connectivity index (χ0n) is 17.1. The second kappa shape index (κ2) is 8.64. The van der Waals surface area contributed by atoms with E-state index in [4.69, 9.17) is 4.52 Å². The molecule has 0 saturated heterocycles. The molecule has 0 fully saturated rings. The van der Waals surface area contributed by atoms with E-state index in [1.54, 1.807) is 30.6 Å². The van der Waals surface area contributed by atoms with Gasteiger partial charge in [0.2, 0.25) is 11.7 Å². The van der Waals surface area contributed by atoms with Crippen molar-refractivity contribution in [2.75, 3.05) is 0 Å². The van der Waals surface area contributed by atoms with E-state index in [1.807, 2.05) is 41.0 Å². The van der Waals surface area contributed by atoms with E-state index >= 15 is 0 Å². The number of aryl methyl sites for hydroxylation is 1. The number of aromatic nitrogens is 6. The third kappa shape index (κ3) is 3.97. The van der Waals surface area contributed by atoms with Gasteiger partial charge in [-0.25, -0.2) is 0 Å². The third-order valence-electron chi connectivity index (χ3n) is 4.83. The van der Waals surface area contributed by atoms with Crippen LogP contribution in [-0.4, -0.2) is 35.0 Å². The minimum Gasteiger partial charge on any atom is -0.508 e. The summed E-state index contributed by atoms with van der Waals surface area (Å²) in [6.45, 7) is 2.06. The number of aromatic hydroxyl groups is 1. The van der Waals surface area contributed by atoms with Crippen molar-refractivity contribution in [1.29, 1.82) is 0 Å². The van der Waals surface area contributed by atoms with E-state index in [1.165, 1.54) is 11.8 Å². The Bertz CT molecular complexity index is 1370. The highest BCUT2D eigenvalue weighted by atomic mass is 32.2.